The topological polar surface area (TPSA) is 75.7 Å². The van der Waals surface area contributed by atoms with Crippen LogP contribution in [0.4, 0.5) is 10.5 Å². The van der Waals surface area contributed by atoms with E-state index in [-0.39, 0.29) is 16.3 Å². The first-order valence-electron chi connectivity index (χ1n) is 7.42. The minimum Gasteiger partial charge on any atom is -0.496 e. The van der Waals surface area contributed by atoms with Gasteiger partial charge in [-0.1, -0.05) is 29.8 Å². The molecule has 0 unspecified atom stereocenters. The van der Waals surface area contributed by atoms with Gasteiger partial charge >= 0.3 is 6.03 Å². The zero-order chi connectivity index (χ0) is 18.8. The van der Waals surface area contributed by atoms with Crippen molar-refractivity contribution >= 4 is 57.1 Å². The molecule has 1 N–H and O–H groups in total. The Morgan fingerprint density at radius 3 is 2.54 bits per heavy atom. The standard InChI is InChI=1S/C18H12BrClN2O4/c1-26-15-7-6-10(9-12(15)19)8-11-16(23)21-18(25)22(17(11)24)14-5-3-2-4-13(14)20/h2-9H,1H3,(H,21,23,25)/b11-8+. The van der Waals surface area contributed by atoms with E-state index in [0.29, 0.717) is 15.8 Å². The van der Waals surface area contributed by atoms with Crippen LogP contribution in [0.5, 0.6) is 5.75 Å². The molecule has 4 amide bonds. The Kier molecular flexibility index (Phi) is 5.11. The highest BCUT2D eigenvalue weighted by atomic mass is 79.9. The Bertz CT molecular complexity index is 958. The van der Waals surface area contributed by atoms with Crippen molar-refractivity contribution in [1.82, 2.24) is 5.32 Å². The van der Waals surface area contributed by atoms with Gasteiger partial charge in [-0.3, -0.25) is 14.9 Å². The number of nitrogens with one attached hydrogen (secondary N) is 1. The lowest BCUT2D eigenvalue weighted by molar-refractivity contribution is -0.122. The van der Waals surface area contributed by atoms with Crippen LogP contribution in [0.1, 0.15) is 5.56 Å². The number of methoxy groups -OCH3 is 1. The van der Waals surface area contributed by atoms with Gasteiger partial charge in [0, 0.05) is 0 Å². The van der Waals surface area contributed by atoms with Crippen molar-refractivity contribution < 1.29 is 19.1 Å². The molecule has 8 heteroatoms. The van der Waals surface area contributed by atoms with Gasteiger partial charge in [-0.05, 0) is 51.8 Å². The second kappa shape index (κ2) is 7.31. The fraction of sp³-hybridized carbons (Fsp3) is 0.0556. The average molecular weight is 436 g/mol. The molecule has 0 bridgehead atoms. The van der Waals surface area contributed by atoms with Gasteiger partial charge in [-0.25, -0.2) is 9.69 Å². The quantitative estimate of drug-likeness (QED) is 0.588. The molecule has 0 saturated carbocycles. The molecule has 0 radical (unpaired) electrons. The number of carbonyl (C=O) groups is 3. The third-order valence-corrected chi connectivity index (χ3v) is 4.62. The molecular formula is C18H12BrClN2O4. The van der Waals surface area contributed by atoms with E-state index in [2.05, 4.69) is 21.2 Å². The Morgan fingerprint density at radius 2 is 1.88 bits per heavy atom. The maximum atomic E-state index is 12.8. The summed E-state index contributed by atoms with van der Waals surface area (Å²) in [4.78, 5) is 38.0. The molecule has 0 spiro atoms. The lowest BCUT2D eigenvalue weighted by atomic mass is 10.1. The normalized spacial score (nSPS) is 16.0. The van der Waals surface area contributed by atoms with Crippen molar-refractivity contribution in [2.24, 2.45) is 0 Å². The van der Waals surface area contributed by atoms with Gasteiger partial charge in [0.05, 0.1) is 22.3 Å². The lowest BCUT2D eigenvalue weighted by Crippen LogP contribution is -2.54. The van der Waals surface area contributed by atoms with Crippen LogP contribution in [0.3, 0.4) is 0 Å². The Hall–Kier alpha value is -2.64. The van der Waals surface area contributed by atoms with E-state index in [1.165, 1.54) is 19.3 Å². The maximum Gasteiger partial charge on any atom is 0.335 e. The number of benzene rings is 2. The minimum absolute atomic E-state index is 0.179. The van der Waals surface area contributed by atoms with E-state index in [1.807, 2.05) is 0 Å². The number of hydrogen-bond donors (Lipinski definition) is 1. The van der Waals surface area contributed by atoms with Crippen molar-refractivity contribution in [2.75, 3.05) is 12.0 Å². The molecule has 2 aromatic rings. The van der Waals surface area contributed by atoms with E-state index in [1.54, 1.807) is 36.4 Å². The Balaban J connectivity index is 2.03. The van der Waals surface area contributed by atoms with E-state index in [4.69, 9.17) is 16.3 Å². The smallest absolute Gasteiger partial charge is 0.335 e. The molecule has 6 nitrogen and oxygen atoms in total. The summed E-state index contributed by atoms with van der Waals surface area (Å²) in [5, 5.41) is 2.38. The van der Waals surface area contributed by atoms with Crippen molar-refractivity contribution in [2.45, 2.75) is 0 Å². The van der Waals surface area contributed by atoms with Crippen LogP contribution in [-0.2, 0) is 9.59 Å². The number of nitrogens with zero attached hydrogens (tertiary/aromatic N) is 1. The van der Waals surface area contributed by atoms with Gasteiger partial charge in [-0.15, -0.1) is 0 Å². The number of barbiturate groups is 1. The van der Waals surface area contributed by atoms with Gasteiger partial charge in [0.25, 0.3) is 11.8 Å². The van der Waals surface area contributed by atoms with Crippen LogP contribution >= 0.6 is 27.5 Å². The largest absolute Gasteiger partial charge is 0.496 e. The van der Waals surface area contributed by atoms with Crippen molar-refractivity contribution in [3.05, 3.63) is 63.1 Å². The van der Waals surface area contributed by atoms with E-state index in [9.17, 15) is 14.4 Å². The second-order valence-electron chi connectivity index (χ2n) is 5.30. The molecular weight excluding hydrogens is 424 g/mol. The molecule has 1 saturated heterocycles. The van der Waals surface area contributed by atoms with E-state index < -0.39 is 17.8 Å². The number of amides is 4. The van der Waals surface area contributed by atoms with Crippen LogP contribution in [0, 0.1) is 0 Å². The molecule has 26 heavy (non-hydrogen) atoms. The summed E-state index contributed by atoms with van der Waals surface area (Å²) in [5.74, 6) is -0.909. The van der Waals surface area contributed by atoms with Gasteiger partial charge in [0.15, 0.2) is 0 Å². The number of imide groups is 2. The van der Waals surface area contributed by atoms with E-state index in [0.717, 1.165) is 4.90 Å². The number of ether oxygens (including phenoxy) is 1. The fourth-order valence-electron chi connectivity index (χ4n) is 2.45. The summed E-state index contributed by atoms with van der Waals surface area (Å²) in [6.07, 6.45) is 1.40. The first-order valence-corrected chi connectivity index (χ1v) is 8.59. The van der Waals surface area contributed by atoms with Crippen LogP contribution in [0.25, 0.3) is 6.08 Å². The van der Waals surface area contributed by atoms with Crippen molar-refractivity contribution in [3.63, 3.8) is 0 Å². The molecule has 1 fully saturated rings. The molecule has 1 aliphatic heterocycles. The number of para-hydroxylation sites is 1. The predicted octanol–water partition coefficient (Wildman–Crippen LogP) is 3.78. The summed E-state index contributed by atoms with van der Waals surface area (Å²) >= 11 is 9.44. The van der Waals surface area contributed by atoms with Gasteiger partial charge in [-0.2, -0.15) is 0 Å². The molecule has 0 aromatic heterocycles. The third kappa shape index (κ3) is 3.36. The highest BCUT2D eigenvalue weighted by molar-refractivity contribution is 9.10. The van der Waals surface area contributed by atoms with Crippen molar-refractivity contribution in [1.29, 1.82) is 0 Å². The molecule has 3 rings (SSSR count). The first-order chi connectivity index (χ1) is 12.4. The zero-order valence-corrected chi connectivity index (χ0v) is 15.8. The number of anilines is 1. The predicted molar refractivity (Wildman–Crippen MR) is 101 cm³/mol. The summed E-state index contributed by atoms with van der Waals surface area (Å²) < 4.78 is 5.82. The lowest BCUT2D eigenvalue weighted by Gasteiger charge is -2.27. The molecule has 1 aliphatic rings. The number of halogens is 2. The van der Waals surface area contributed by atoms with Crippen LogP contribution in [0.15, 0.2) is 52.5 Å². The zero-order valence-electron chi connectivity index (χ0n) is 13.5. The summed E-state index contributed by atoms with van der Waals surface area (Å²) in [6.45, 7) is 0. The van der Waals surface area contributed by atoms with Crippen LogP contribution < -0.4 is 15.0 Å². The SMILES string of the molecule is COc1ccc(/C=C2\C(=O)NC(=O)N(c3ccccc3Cl)C2=O)cc1Br. The number of hydrogen-bond acceptors (Lipinski definition) is 4. The highest BCUT2D eigenvalue weighted by Crippen LogP contribution is 2.30. The van der Waals surface area contributed by atoms with Gasteiger partial charge in [0.2, 0.25) is 0 Å². The van der Waals surface area contributed by atoms with Gasteiger partial charge in [0.1, 0.15) is 11.3 Å². The number of carbonyl (C=O) groups excluding carboxylic acids is 3. The minimum atomic E-state index is -0.846. The van der Waals surface area contributed by atoms with Crippen LogP contribution in [0.2, 0.25) is 5.02 Å². The Morgan fingerprint density at radius 1 is 1.15 bits per heavy atom. The maximum absolute atomic E-state index is 12.8. The highest BCUT2D eigenvalue weighted by Gasteiger charge is 2.37. The molecule has 0 atom stereocenters. The Labute approximate surface area is 162 Å². The van der Waals surface area contributed by atoms with Gasteiger partial charge < -0.3 is 4.74 Å². The number of urea groups is 1. The molecule has 2 aromatic carbocycles. The monoisotopic (exact) mass is 434 g/mol. The molecule has 0 aliphatic carbocycles. The summed E-state index contributed by atoms with van der Waals surface area (Å²) in [7, 11) is 1.53. The summed E-state index contributed by atoms with van der Waals surface area (Å²) in [6, 6.07) is 10.6. The number of rotatable bonds is 3. The van der Waals surface area contributed by atoms with Crippen LogP contribution in [-0.4, -0.2) is 25.0 Å². The summed E-state index contributed by atoms with van der Waals surface area (Å²) in [5.41, 5.74) is 0.609. The fourth-order valence-corrected chi connectivity index (χ4v) is 3.23. The van der Waals surface area contributed by atoms with Crippen molar-refractivity contribution in [3.8, 4) is 5.75 Å². The molecule has 132 valence electrons. The second-order valence-corrected chi connectivity index (χ2v) is 6.56. The van der Waals surface area contributed by atoms with E-state index >= 15 is 0 Å². The third-order valence-electron chi connectivity index (χ3n) is 3.68. The average Bonchev–Trinajstić information content (AvgIpc) is 2.60. The molecule has 1 heterocycles. The first kappa shape index (κ1) is 18.2.